The Kier molecular flexibility index (Phi) is 2.57. The number of nitrogens with one attached hydrogen (secondary N) is 1. The Labute approximate surface area is 114 Å². The molecule has 0 aromatic heterocycles. The molecule has 0 radical (unpaired) electrons. The molecule has 0 spiro atoms. The van der Waals surface area contributed by atoms with Crippen molar-refractivity contribution in [2.45, 2.75) is 24.8 Å². The number of ether oxygens (including phenoxy) is 1. The number of amides is 1. The highest BCUT2D eigenvalue weighted by molar-refractivity contribution is 14.1. The van der Waals surface area contributed by atoms with Crippen molar-refractivity contribution in [1.29, 1.82) is 0 Å². The van der Waals surface area contributed by atoms with Crippen molar-refractivity contribution in [2.24, 2.45) is 5.92 Å². The van der Waals surface area contributed by atoms with Gasteiger partial charge in [0.1, 0.15) is 5.75 Å². The summed E-state index contributed by atoms with van der Waals surface area (Å²) in [5.41, 5.74) is 0.784. The first-order chi connectivity index (χ1) is 8.13. The molecular weight excluding hydrogens is 329 g/mol. The average molecular weight is 343 g/mol. The number of rotatable bonds is 3. The number of hydrogen-bond donors (Lipinski definition) is 1. The summed E-state index contributed by atoms with van der Waals surface area (Å²) in [4.78, 5) is 12.3. The van der Waals surface area contributed by atoms with Crippen LogP contribution >= 0.6 is 22.6 Å². The van der Waals surface area contributed by atoms with E-state index in [0.29, 0.717) is 11.3 Å². The minimum Gasteiger partial charge on any atom is -0.496 e. The van der Waals surface area contributed by atoms with E-state index in [4.69, 9.17) is 4.74 Å². The number of carbonyl (C=O) groups excluding carboxylic acids is 1. The van der Waals surface area contributed by atoms with Gasteiger partial charge in [-0.15, -0.1) is 0 Å². The smallest absolute Gasteiger partial charge is 0.256 e. The maximum atomic E-state index is 12.3. The van der Waals surface area contributed by atoms with Gasteiger partial charge in [0.05, 0.1) is 12.7 Å². The van der Waals surface area contributed by atoms with Crippen molar-refractivity contribution in [3.8, 4) is 5.75 Å². The van der Waals surface area contributed by atoms with Gasteiger partial charge in [-0.05, 0) is 59.9 Å². The molecule has 90 valence electrons. The lowest BCUT2D eigenvalue weighted by molar-refractivity contribution is -0.0439. The third-order valence-electron chi connectivity index (χ3n) is 3.84. The summed E-state index contributed by atoms with van der Waals surface area (Å²) in [5.74, 6) is 1.53. The lowest BCUT2D eigenvalue weighted by Gasteiger charge is -2.61. The van der Waals surface area contributed by atoms with Crippen LogP contribution in [0.4, 0.5) is 0 Å². The molecule has 3 aliphatic rings. The summed E-state index contributed by atoms with van der Waals surface area (Å²) in [6.07, 6.45) is 3.47. The molecular formula is C13H14INO2. The van der Waals surface area contributed by atoms with Crippen molar-refractivity contribution < 1.29 is 9.53 Å². The Balaban J connectivity index is 1.84. The molecule has 4 heteroatoms. The first-order valence-corrected chi connectivity index (χ1v) is 6.86. The van der Waals surface area contributed by atoms with Gasteiger partial charge < -0.3 is 10.1 Å². The number of benzene rings is 1. The summed E-state index contributed by atoms with van der Waals surface area (Å²) < 4.78 is 6.20. The zero-order valence-electron chi connectivity index (χ0n) is 9.63. The van der Waals surface area contributed by atoms with Crippen molar-refractivity contribution in [1.82, 2.24) is 5.32 Å². The van der Waals surface area contributed by atoms with E-state index in [1.54, 1.807) is 7.11 Å². The second-order valence-electron chi connectivity index (χ2n) is 5.03. The standard InChI is InChI=1S/C13H14INO2/c1-17-10-4-2-3-9(14)11(10)12(16)15-13-5-8(6-13)7-13/h2-4,8H,5-7H2,1H3,(H,15,16). The predicted octanol–water partition coefficient (Wildman–Crippen LogP) is 2.58. The monoisotopic (exact) mass is 343 g/mol. The van der Waals surface area contributed by atoms with E-state index >= 15 is 0 Å². The van der Waals surface area contributed by atoms with Gasteiger partial charge in [0, 0.05) is 9.11 Å². The van der Waals surface area contributed by atoms with Crippen LogP contribution in [0, 0.1) is 9.49 Å². The Bertz CT molecular complexity index is 469. The summed E-state index contributed by atoms with van der Waals surface area (Å²) in [5, 5.41) is 3.17. The number of halogens is 1. The lowest BCUT2D eigenvalue weighted by Crippen LogP contribution is -2.68. The summed E-state index contributed by atoms with van der Waals surface area (Å²) >= 11 is 2.18. The average Bonchev–Trinajstić information content (AvgIpc) is 2.21. The van der Waals surface area contributed by atoms with Crippen molar-refractivity contribution in [2.75, 3.05) is 7.11 Å². The van der Waals surface area contributed by atoms with Gasteiger partial charge in [0.2, 0.25) is 0 Å². The fourth-order valence-electron chi connectivity index (χ4n) is 2.83. The molecule has 1 aromatic rings. The van der Waals surface area contributed by atoms with Crippen LogP contribution in [0.15, 0.2) is 18.2 Å². The first kappa shape index (κ1) is 11.3. The molecule has 0 unspecified atom stereocenters. The van der Waals surface area contributed by atoms with Crippen molar-refractivity contribution in [3.05, 3.63) is 27.3 Å². The van der Waals surface area contributed by atoms with E-state index in [1.165, 1.54) is 0 Å². The molecule has 3 saturated carbocycles. The van der Waals surface area contributed by atoms with Gasteiger partial charge >= 0.3 is 0 Å². The maximum Gasteiger partial charge on any atom is 0.256 e. The molecule has 1 N–H and O–H groups in total. The predicted molar refractivity (Wildman–Crippen MR) is 73.2 cm³/mol. The number of hydrogen-bond acceptors (Lipinski definition) is 2. The minimum atomic E-state index is 0.00463. The van der Waals surface area contributed by atoms with Crippen LogP contribution in [-0.2, 0) is 0 Å². The maximum absolute atomic E-state index is 12.3. The van der Waals surface area contributed by atoms with Gasteiger partial charge in [-0.1, -0.05) is 6.07 Å². The molecule has 3 aliphatic carbocycles. The lowest BCUT2D eigenvalue weighted by atomic mass is 9.50. The van der Waals surface area contributed by atoms with Crippen LogP contribution in [0.2, 0.25) is 0 Å². The third kappa shape index (κ3) is 1.73. The van der Waals surface area contributed by atoms with Gasteiger partial charge in [0.25, 0.3) is 5.91 Å². The highest BCUT2D eigenvalue weighted by atomic mass is 127. The molecule has 1 aromatic carbocycles. The topological polar surface area (TPSA) is 38.3 Å². The zero-order valence-corrected chi connectivity index (χ0v) is 11.8. The normalized spacial score (nSPS) is 28.9. The van der Waals surface area contributed by atoms with Gasteiger partial charge in [-0.2, -0.15) is 0 Å². The molecule has 0 atom stereocenters. The van der Waals surface area contributed by atoms with Crippen molar-refractivity contribution >= 4 is 28.5 Å². The summed E-state index contributed by atoms with van der Waals surface area (Å²) in [7, 11) is 1.60. The molecule has 2 bridgehead atoms. The summed E-state index contributed by atoms with van der Waals surface area (Å²) in [6, 6.07) is 5.66. The van der Waals surface area contributed by atoms with Gasteiger partial charge in [-0.25, -0.2) is 0 Å². The Morgan fingerprint density at radius 2 is 2.18 bits per heavy atom. The van der Waals surface area contributed by atoms with Crippen molar-refractivity contribution in [3.63, 3.8) is 0 Å². The highest BCUT2D eigenvalue weighted by Crippen LogP contribution is 2.57. The summed E-state index contributed by atoms with van der Waals surface area (Å²) in [6.45, 7) is 0. The Morgan fingerprint density at radius 3 is 2.71 bits per heavy atom. The fourth-order valence-corrected chi connectivity index (χ4v) is 3.55. The fraction of sp³-hybridized carbons (Fsp3) is 0.462. The largest absolute Gasteiger partial charge is 0.496 e. The quantitative estimate of drug-likeness (QED) is 0.857. The van der Waals surface area contributed by atoms with Crippen LogP contribution in [0.5, 0.6) is 5.75 Å². The van der Waals surface area contributed by atoms with Gasteiger partial charge in [0.15, 0.2) is 0 Å². The second-order valence-corrected chi connectivity index (χ2v) is 6.19. The molecule has 3 fully saturated rings. The van der Waals surface area contributed by atoms with E-state index < -0.39 is 0 Å². The Morgan fingerprint density at radius 1 is 1.47 bits per heavy atom. The van der Waals surface area contributed by atoms with E-state index in [0.717, 1.165) is 28.8 Å². The molecule has 0 aliphatic heterocycles. The van der Waals surface area contributed by atoms with Gasteiger partial charge in [-0.3, -0.25) is 4.79 Å². The van der Waals surface area contributed by atoms with Crippen LogP contribution in [0.3, 0.4) is 0 Å². The molecule has 3 nitrogen and oxygen atoms in total. The molecule has 1 amide bonds. The molecule has 17 heavy (non-hydrogen) atoms. The van der Waals surface area contributed by atoms with Crippen LogP contribution < -0.4 is 10.1 Å². The number of methoxy groups -OCH3 is 1. The minimum absolute atomic E-state index is 0.00463. The van der Waals surface area contributed by atoms with Crippen LogP contribution in [0.25, 0.3) is 0 Å². The molecule has 4 rings (SSSR count). The number of carbonyl (C=O) groups is 1. The zero-order chi connectivity index (χ0) is 12.0. The van der Waals surface area contributed by atoms with Crippen LogP contribution in [-0.4, -0.2) is 18.6 Å². The molecule has 0 heterocycles. The van der Waals surface area contributed by atoms with Crippen LogP contribution in [0.1, 0.15) is 29.6 Å². The first-order valence-electron chi connectivity index (χ1n) is 5.78. The van der Waals surface area contributed by atoms with E-state index in [9.17, 15) is 4.79 Å². The third-order valence-corrected chi connectivity index (χ3v) is 4.74. The SMILES string of the molecule is COc1cccc(I)c1C(=O)NC12CC(C1)C2. The Hall–Kier alpha value is -0.780. The van der Waals surface area contributed by atoms with E-state index in [-0.39, 0.29) is 11.4 Å². The second kappa shape index (κ2) is 3.86. The highest BCUT2D eigenvalue weighted by Gasteiger charge is 2.57. The van der Waals surface area contributed by atoms with E-state index in [2.05, 4.69) is 27.9 Å². The molecule has 0 saturated heterocycles. The van der Waals surface area contributed by atoms with E-state index in [1.807, 2.05) is 18.2 Å².